The standard InChI is InChI=1S/C16H24FNO2/c1-5-6-9-20-16-8-7-14(10-15(16)17)18(12(2)3)11-13(4)19/h7-8,10,12H,5-6,9,11H2,1-4H3. The van der Waals surface area contributed by atoms with Crippen molar-refractivity contribution in [2.24, 2.45) is 0 Å². The highest BCUT2D eigenvalue weighted by Crippen LogP contribution is 2.25. The van der Waals surface area contributed by atoms with E-state index >= 15 is 0 Å². The van der Waals surface area contributed by atoms with E-state index in [0.29, 0.717) is 12.3 Å². The number of carbonyl (C=O) groups excluding carboxylic acids is 1. The van der Waals surface area contributed by atoms with Crippen molar-refractivity contribution in [3.63, 3.8) is 0 Å². The van der Waals surface area contributed by atoms with Gasteiger partial charge in [0.05, 0.1) is 13.2 Å². The van der Waals surface area contributed by atoms with Gasteiger partial charge >= 0.3 is 0 Å². The molecule has 0 fully saturated rings. The summed E-state index contributed by atoms with van der Waals surface area (Å²) in [6.07, 6.45) is 1.92. The Hall–Kier alpha value is -1.58. The minimum Gasteiger partial charge on any atom is -0.491 e. The van der Waals surface area contributed by atoms with Crippen molar-refractivity contribution in [2.45, 2.75) is 46.6 Å². The Morgan fingerprint density at radius 1 is 1.40 bits per heavy atom. The fraction of sp³-hybridized carbons (Fsp3) is 0.562. The average molecular weight is 281 g/mol. The lowest BCUT2D eigenvalue weighted by Gasteiger charge is -2.28. The van der Waals surface area contributed by atoms with Crippen molar-refractivity contribution in [1.82, 2.24) is 0 Å². The molecule has 4 heteroatoms. The van der Waals surface area contributed by atoms with Crippen LogP contribution >= 0.6 is 0 Å². The first kappa shape index (κ1) is 16.5. The van der Waals surface area contributed by atoms with Crippen molar-refractivity contribution >= 4 is 11.5 Å². The van der Waals surface area contributed by atoms with Gasteiger partial charge in [0.1, 0.15) is 5.78 Å². The van der Waals surface area contributed by atoms with E-state index in [1.165, 1.54) is 13.0 Å². The molecule has 0 N–H and O–H groups in total. The molecule has 0 aliphatic carbocycles. The van der Waals surface area contributed by atoms with Crippen LogP contribution in [-0.4, -0.2) is 25.0 Å². The normalized spacial score (nSPS) is 10.7. The van der Waals surface area contributed by atoms with Crippen molar-refractivity contribution in [3.8, 4) is 5.75 Å². The molecule has 0 radical (unpaired) electrons. The maximum absolute atomic E-state index is 14.0. The first-order valence-electron chi connectivity index (χ1n) is 7.14. The molecule has 0 spiro atoms. The highest BCUT2D eigenvalue weighted by atomic mass is 19.1. The molecule has 0 atom stereocenters. The molecule has 0 aliphatic rings. The monoisotopic (exact) mass is 281 g/mol. The summed E-state index contributed by atoms with van der Waals surface area (Å²) in [6.45, 7) is 8.36. The number of nitrogens with zero attached hydrogens (tertiary/aromatic N) is 1. The fourth-order valence-corrected chi connectivity index (χ4v) is 1.92. The van der Waals surface area contributed by atoms with Crippen LogP contribution in [-0.2, 0) is 4.79 Å². The average Bonchev–Trinajstić information content (AvgIpc) is 2.37. The molecule has 1 aromatic rings. The number of anilines is 1. The number of ether oxygens (including phenoxy) is 1. The molecular formula is C16H24FNO2. The molecule has 0 bridgehead atoms. The number of Topliss-reactive ketones (excluding diaryl/α,β-unsaturated/α-hetero) is 1. The molecule has 0 unspecified atom stereocenters. The Morgan fingerprint density at radius 3 is 2.60 bits per heavy atom. The van der Waals surface area contributed by atoms with Crippen LogP contribution in [0.2, 0.25) is 0 Å². The van der Waals surface area contributed by atoms with Gasteiger partial charge in [-0.25, -0.2) is 4.39 Å². The second kappa shape index (κ2) is 7.88. The lowest BCUT2D eigenvalue weighted by molar-refractivity contribution is -0.115. The lowest BCUT2D eigenvalue weighted by Crippen LogP contribution is -2.34. The molecule has 3 nitrogen and oxygen atoms in total. The highest BCUT2D eigenvalue weighted by Gasteiger charge is 2.15. The third-order valence-electron chi connectivity index (χ3n) is 3.02. The number of carbonyl (C=O) groups is 1. The zero-order valence-electron chi connectivity index (χ0n) is 12.8. The number of halogens is 1. The second-order valence-corrected chi connectivity index (χ2v) is 5.24. The maximum atomic E-state index is 14.0. The second-order valence-electron chi connectivity index (χ2n) is 5.24. The summed E-state index contributed by atoms with van der Waals surface area (Å²) < 4.78 is 19.4. The molecule has 0 heterocycles. The zero-order valence-corrected chi connectivity index (χ0v) is 12.8. The van der Waals surface area contributed by atoms with Gasteiger partial charge in [0.2, 0.25) is 0 Å². The van der Waals surface area contributed by atoms with Gasteiger partial charge in [-0.2, -0.15) is 0 Å². The number of rotatable bonds is 8. The summed E-state index contributed by atoms with van der Waals surface area (Å²) >= 11 is 0. The Labute approximate surface area is 120 Å². The molecule has 1 aromatic carbocycles. The van der Waals surface area contributed by atoms with E-state index in [0.717, 1.165) is 12.8 Å². The minimum absolute atomic E-state index is 0.0578. The Balaban J connectivity index is 2.85. The summed E-state index contributed by atoms with van der Waals surface area (Å²) in [5, 5.41) is 0. The van der Waals surface area contributed by atoms with Crippen LogP contribution in [0.1, 0.15) is 40.5 Å². The van der Waals surface area contributed by atoms with Gasteiger partial charge in [0.15, 0.2) is 11.6 Å². The molecule has 0 amide bonds. The summed E-state index contributed by atoms with van der Waals surface area (Å²) in [5.74, 6) is -0.0519. The number of unbranched alkanes of at least 4 members (excludes halogenated alkanes) is 1. The number of hydrogen-bond donors (Lipinski definition) is 0. The predicted molar refractivity (Wildman–Crippen MR) is 80.0 cm³/mol. The summed E-state index contributed by atoms with van der Waals surface area (Å²) in [7, 11) is 0. The molecule has 1 rings (SSSR count). The van der Waals surface area contributed by atoms with Gasteiger partial charge in [0.25, 0.3) is 0 Å². The van der Waals surface area contributed by atoms with Crippen LogP contribution < -0.4 is 9.64 Å². The summed E-state index contributed by atoms with van der Waals surface area (Å²) in [5.41, 5.74) is 0.704. The topological polar surface area (TPSA) is 29.5 Å². The molecule has 0 saturated carbocycles. The highest BCUT2D eigenvalue weighted by molar-refractivity contribution is 5.81. The van der Waals surface area contributed by atoms with Crippen molar-refractivity contribution < 1.29 is 13.9 Å². The molecule has 112 valence electrons. The third-order valence-corrected chi connectivity index (χ3v) is 3.02. The Bertz CT molecular complexity index is 446. The first-order chi connectivity index (χ1) is 9.45. The van der Waals surface area contributed by atoms with Crippen molar-refractivity contribution in [2.75, 3.05) is 18.1 Å². The first-order valence-corrected chi connectivity index (χ1v) is 7.14. The van der Waals surface area contributed by atoms with E-state index in [1.54, 1.807) is 12.1 Å². The van der Waals surface area contributed by atoms with Crippen LogP contribution in [0.4, 0.5) is 10.1 Å². The van der Waals surface area contributed by atoms with Crippen LogP contribution in [0.5, 0.6) is 5.75 Å². The van der Waals surface area contributed by atoms with Crippen molar-refractivity contribution in [1.29, 1.82) is 0 Å². The van der Waals surface area contributed by atoms with E-state index in [1.807, 2.05) is 18.7 Å². The minimum atomic E-state index is -0.382. The number of ketones is 1. The van der Waals surface area contributed by atoms with E-state index in [4.69, 9.17) is 4.74 Å². The van der Waals surface area contributed by atoms with E-state index in [2.05, 4.69) is 6.92 Å². The smallest absolute Gasteiger partial charge is 0.167 e. The van der Waals surface area contributed by atoms with Gasteiger partial charge in [-0.1, -0.05) is 13.3 Å². The Kier molecular flexibility index (Phi) is 6.49. The van der Waals surface area contributed by atoms with E-state index in [9.17, 15) is 9.18 Å². The maximum Gasteiger partial charge on any atom is 0.167 e. The van der Waals surface area contributed by atoms with E-state index < -0.39 is 0 Å². The van der Waals surface area contributed by atoms with E-state index in [-0.39, 0.29) is 29.9 Å². The molecule has 0 aromatic heterocycles. The van der Waals surface area contributed by atoms with Crippen molar-refractivity contribution in [3.05, 3.63) is 24.0 Å². The van der Waals surface area contributed by atoms with Gasteiger partial charge in [-0.05, 0) is 39.3 Å². The van der Waals surface area contributed by atoms with Gasteiger partial charge < -0.3 is 9.64 Å². The lowest BCUT2D eigenvalue weighted by atomic mass is 10.2. The number of hydrogen-bond acceptors (Lipinski definition) is 3. The summed E-state index contributed by atoms with van der Waals surface area (Å²) in [6, 6.07) is 5.00. The van der Waals surface area contributed by atoms with Crippen LogP contribution in [0, 0.1) is 5.82 Å². The SMILES string of the molecule is CCCCOc1ccc(N(CC(C)=O)C(C)C)cc1F. The van der Waals surface area contributed by atoms with Crippen LogP contribution in [0.3, 0.4) is 0 Å². The largest absolute Gasteiger partial charge is 0.491 e. The Morgan fingerprint density at radius 2 is 2.10 bits per heavy atom. The fourth-order valence-electron chi connectivity index (χ4n) is 1.92. The predicted octanol–water partition coefficient (Wildman–Crippen LogP) is 3.81. The van der Waals surface area contributed by atoms with Gasteiger partial charge in [-0.15, -0.1) is 0 Å². The molecule has 20 heavy (non-hydrogen) atoms. The summed E-state index contributed by atoms with van der Waals surface area (Å²) in [4.78, 5) is 13.2. The van der Waals surface area contributed by atoms with Crippen LogP contribution in [0.25, 0.3) is 0 Å². The quantitative estimate of drug-likeness (QED) is 0.679. The van der Waals surface area contributed by atoms with Gasteiger partial charge in [-0.3, -0.25) is 4.79 Å². The van der Waals surface area contributed by atoms with Crippen LogP contribution in [0.15, 0.2) is 18.2 Å². The zero-order chi connectivity index (χ0) is 15.1. The molecule has 0 aliphatic heterocycles. The molecule has 0 saturated heterocycles. The number of benzene rings is 1. The third kappa shape index (κ3) is 4.83. The molecular weight excluding hydrogens is 257 g/mol. The van der Waals surface area contributed by atoms with Gasteiger partial charge in [0, 0.05) is 17.8 Å².